The van der Waals surface area contributed by atoms with E-state index in [1.54, 1.807) is 28.8 Å². The van der Waals surface area contributed by atoms with Crippen molar-refractivity contribution in [1.82, 2.24) is 24.4 Å². The van der Waals surface area contributed by atoms with Crippen LogP contribution in [0, 0.1) is 6.92 Å². The van der Waals surface area contributed by atoms with Crippen molar-refractivity contribution in [2.24, 2.45) is 0 Å². The number of halogens is 1. The lowest BCUT2D eigenvalue weighted by Crippen LogP contribution is -2.27. The summed E-state index contributed by atoms with van der Waals surface area (Å²) in [5.41, 5.74) is 3.77. The number of aryl methyl sites for hydroxylation is 1. The Morgan fingerprint density at radius 3 is 2.57 bits per heavy atom. The van der Waals surface area contributed by atoms with Crippen molar-refractivity contribution in [2.45, 2.75) is 38.8 Å². The van der Waals surface area contributed by atoms with Crippen molar-refractivity contribution in [2.75, 3.05) is 18.4 Å². The SMILES string of the molecule is Cc1ccc(-c2ncon2)cc1NC(=O)c1cnc2cc(C(=O)N3CCCC3)ccn12.FC1CC1. The van der Waals surface area contributed by atoms with Crippen molar-refractivity contribution in [3.8, 4) is 11.4 Å². The van der Waals surface area contributed by atoms with Gasteiger partial charge in [0.05, 0.1) is 6.20 Å². The van der Waals surface area contributed by atoms with Crippen LogP contribution in [0.2, 0.25) is 0 Å². The summed E-state index contributed by atoms with van der Waals surface area (Å²) in [6, 6.07) is 9.00. The smallest absolute Gasteiger partial charge is 0.274 e. The lowest BCUT2D eigenvalue weighted by molar-refractivity contribution is 0.0792. The van der Waals surface area contributed by atoms with Crippen LogP contribution >= 0.6 is 0 Å². The first kappa shape index (κ1) is 22.7. The molecule has 1 aromatic carbocycles. The minimum atomic E-state index is -0.417. The third-order valence-electron chi connectivity index (χ3n) is 6.00. The van der Waals surface area contributed by atoms with Crippen LogP contribution < -0.4 is 5.32 Å². The van der Waals surface area contributed by atoms with Crippen LogP contribution in [0.4, 0.5) is 10.1 Å². The van der Waals surface area contributed by atoms with Gasteiger partial charge in [-0.15, -0.1) is 0 Å². The van der Waals surface area contributed by atoms with Gasteiger partial charge >= 0.3 is 0 Å². The molecule has 0 atom stereocenters. The number of likely N-dealkylation sites (tertiary alicyclic amines) is 1. The molecule has 0 bridgehead atoms. The first-order valence-corrected chi connectivity index (χ1v) is 11.6. The molecule has 3 aromatic heterocycles. The van der Waals surface area contributed by atoms with Gasteiger partial charge in [0.1, 0.15) is 17.5 Å². The van der Waals surface area contributed by atoms with E-state index >= 15 is 0 Å². The second-order valence-electron chi connectivity index (χ2n) is 8.70. The lowest BCUT2D eigenvalue weighted by atomic mass is 10.1. The Morgan fingerprint density at radius 2 is 1.89 bits per heavy atom. The maximum absolute atomic E-state index is 13.0. The Hall–Kier alpha value is -4.08. The largest absolute Gasteiger partial charge is 0.342 e. The fourth-order valence-corrected chi connectivity index (χ4v) is 3.83. The zero-order valence-electron chi connectivity index (χ0n) is 19.3. The van der Waals surface area contributed by atoms with Gasteiger partial charge < -0.3 is 14.7 Å². The molecule has 1 aliphatic heterocycles. The number of nitrogens with one attached hydrogen (secondary N) is 1. The Labute approximate surface area is 201 Å². The summed E-state index contributed by atoms with van der Waals surface area (Å²) >= 11 is 0. The van der Waals surface area contributed by atoms with Crippen LogP contribution in [-0.4, -0.2) is 55.5 Å². The molecule has 6 rings (SSSR count). The molecule has 1 saturated heterocycles. The number of alkyl halides is 1. The molecular formula is C25H25FN6O3. The average molecular weight is 477 g/mol. The van der Waals surface area contributed by atoms with Gasteiger partial charge in [-0.3, -0.25) is 14.0 Å². The molecule has 1 aliphatic carbocycles. The highest BCUT2D eigenvalue weighted by atomic mass is 19.1. The number of anilines is 1. The van der Waals surface area contributed by atoms with E-state index in [0.717, 1.165) is 49.9 Å². The number of rotatable bonds is 4. The van der Waals surface area contributed by atoms with Gasteiger partial charge in [-0.2, -0.15) is 4.98 Å². The van der Waals surface area contributed by atoms with Gasteiger partial charge in [0.15, 0.2) is 0 Å². The molecule has 0 unspecified atom stereocenters. The summed E-state index contributed by atoms with van der Waals surface area (Å²) < 4.78 is 17.6. The third-order valence-corrected chi connectivity index (χ3v) is 6.00. The minimum absolute atomic E-state index is 0.00269. The molecule has 4 aromatic rings. The third kappa shape index (κ3) is 5.06. The maximum atomic E-state index is 13.0. The van der Waals surface area contributed by atoms with Crippen LogP contribution in [0.5, 0.6) is 0 Å². The zero-order chi connectivity index (χ0) is 24.4. The number of carbonyl (C=O) groups excluding carboxylic acids is 2. The quantitative estimate of drug-likeness (QED) is 0.471. The highest BCUT2D eigenvalue weighted by Gasteiger charge is 2.21. The Balaban J connectivity index is 0.000000577. The van der Waals surface area contributed by atoms with Crippen LogP contribution in [0.15, 0.2) is 53.6 Å². The summed E-state index contributed by atoms with van der Waals surface area (Å²) in [5, 5.41) is 6.76. The van der Waals surface area contributed by atoms with E-state index in [4.69, 9.17) is 4.52 Å². The van der Waals surface area contributed by atoms with Gasteiger partial charge in [0.2, 0.25) is 12.2 Å². The Bertz CT molecular complexity index is 1360. The van der Waals surface area contributed by atoms with Crippen LogP contribution in [0.1, 0.15) is 52.1 Å². The van der Waals surface area contributed by atoms with E-state index in [0.29, 0.717) is 28.4 Å². The monoisotopic (exact) mass is 476 g/mol. The van der Waals surface area contributed by atoms with E-state index in [-0.39, 0.29) is 11.8 Å². The van der Waals surface area contributed by atoms with Gasteiger partial charge in [0, 0.05) is 36.1 Å². The van der Waals surface area contributed by atoms with E-state index < -0.39 is 6.17 Å². The first-order valence-electron chi connectivity index (χ1n) is 11.6. The standard InChI is InChI=1S/C22H20N6O3.C3H5F/c1-14-4-5-15(20-24-13-31-26-20)10-17(14)25-21(29)18-12-23-19-11-16(6-9-28(18)19)22(30)27-7-2-3-8-27;4-3-1-2-3/h4-6,9-13H,2-3,7-8H2,1H3,(H,25,29);3H,1-2H2. The highest BCUT2D eigenvalue weighted by Crippen LogP contribution is 2.24. The highest BCUT2D eigenvalue weighted by molar-refractivity contribution is 6.04. The molecule has 0 radical (unpaired) electrons. The predicted molar refractivity (Wildman–Crippen MR) is 127 cm³/mol. The average Bonchev–Trinajstić information content (AvgIpc) is 3.33. The second kappa shape index (κ2) is 9.65. The van der Waals surface area contributed by atoms with Gasteiger partial charge in [-0.1, -0.05) is 17.3 Å². The number of pyridine rings is 1. The van der Waals surface area contributed by atoms with Crippen LogP contribution in [0.25, 0.3) is 17.0 Å². The molecule has 180 valence electrons. The van der Waals surface area contributed by atoms with E-state index in [2.05, 4.69) is 20.4 Å². The number of carbonyl (C=O) groups is 2. The molecule has 0 spiro atoms. The number of fused-ring (bicyclic) bond motifs is 1. The zero-order valence-corrected chi connectivity index (χ0v) is 19.3. The summed E-state index contributed by atoms with van der Waals surface area (Å²) in [7, 11) is 0. The molecule has 4 heterocycles. The van der Waals surface area contributed by atoms with Crippen molar-refractivity contribution in [1.29, 1.82) is 0 Å². The van der Waals surface area contributed by atoms with E-state index in [1.165, 1.54) is 12.6 Å². The van der Waals surface area contributed by atoms with Crippen molar-refractivity contribution < 1.29 is 18.5 Å². The molecule has 1 saturated carbocycles. The Kier molecular flexibility index (Phi) is 6.26. The first-order chi connectivity index (χ1) is 17.0. The molecule has 2 fully saturated rings. The number of hydrogen-bond donors (Lipinski definition) is 1. The molecule has 2 aliphatic rings. The van der Waals surface area contributed by atoms with Gasteiger partial charge in [0.25, 0.3) is 11.8 Å². The minimum Gasteiger partial charge on any atom is -0.342 e. The van der Waals surface area contributed by atoms with Crippen LogP contribution in [0.3, 0.4) is 0 Å². The fraction of sp³-hybridized carbons (Fsp3) is 0.320. The summed E-state index contributed by atoms with van der Waals surface area (Å²) in [6.07, 6.45) is 7.77. The number of amides is 2. The number of benzene rings is 1. The van der Waals surface area contributed by atoms with Gasteiger partial charge in [-0.05, 0) is 56.4 Å². The van der Waals surface area contributed by atoms with Crippen molar-refractivity contribution in [3.63, 3.8) is 0 Å². The number of nitrogens with zero attached hydrogens (tertiary/aromatic N) is 5. The number of imidazole rings is 1. The number of hydrogen-bond acceptors (Lipinski definition) is 6. The molecule has 1 N–H and O–H groups in total. The summed E-state index contributed by atoms with van der Waals surface area (Å²) in [5.74, 6) is 0.142. The maximum Gasteiger partial charge on any atom is 0.274 e. The topological polar surface area (TPSA) is 106 Å². The number of aromatic nitrogens is 4. The molecular weight excluding hydrogens is 451 g/mol. The molecule has 10 heteroatoms. The normalized spacial score (nSPS) is 15.1. The summed E-state index contributed by atoms with van der Waals surface area (Å²) in [4.78, 5) is 35.8. The molecule has 35 heavy (non-hydrogen) atoms. The van der Waals surface area contributed by atoms with Gasteiger partial charge in [-0.25, -0.2) is 9.37 Å². The van der Waals surface area contributed by atoms with E-state index in [9.17, 15) is 14.0 Å². The van der Waals surface area contributed by atoms with Crippen molar-refractivity contribution in [3.05, 3.63) is 65.9 Å². The van der Waals surface area contributed by atoms with E-state index in [1.807, 2.05) is 24.0 Å². The van der Waals surface area contributed by atoms with Crippen LogP contribution in [-0.2, 0) is 0 Å². The molecule has 9 nitrogen and oxygen atoms in total. The fourth-order valence-electron chi connectivity index (χ4n) is 3.83. The predicted octanol–water partition coefficient (Wildman–Crippen LogP) is 4.30. The lowest BCUT2D eigenvalue weighted by Gasteiger charge is -2.15. The second-order valence-corrected chi connectivity index (χ2v) is 8.70. The molecule has 2 amide bonds. The van der Waals surface area contributed by atoms with Crippen molar-refractivity contribution >= 4 is 23.1 Å². The summed E-state index contributed by atoms with van der Waals surface area (Å²) in [6.45, 7) is 3.48. The Morgan fingerprint density at radius 1 is 1.11 bits per heavy atom.